The Morgan fingerprint density at radius 1 is 1.16 bits per heavy atom. The van der Waals surface area contributed by atoms with Crippen molar-refractivity contribution in [1.29, 1.82) is 5.41 Å². The van der Waals surface area contributed by atoms with Crippen molar-refractivity contribution >= 4 is 11.9 Å². The summed E-state index contributed by atoms with van der Waals surface area (Å²) >= 11 is 0. The van der Waals surface area contributed by atoms with Crippen LogP contribution < -0.4 is 20.5 Å². The number of hydrogen-bond acceptors (Lipinski definition) is 5. The van der Waals surface area contributed by atoms with Gasteiger partial charge in [-0.15, -0.1) is 0 Å². The monoisotopic (exact) mass is 423 g/mol. The van der Waals surface area contributed by atoms with Gasteiger partial charge in [-0.25, -0.2) is 0 Å². The SMILES string of the molecule is CC(C)(C)COc1ccc2c(c1)C(COC(=N)N)c1cc(C(=O)NC3CC3)ccc1O2. The molecular formula is C24H29N3O4. The van der Waals surface area contributed by atoms with Gasteiger partial charge in [-0.2, -0.15) is 0 Å². The highest BCUT2D eigenvalue weighted by atomic mass is 16.5. The maximum absolute atomic E-state index is 12.6. The van der Waals surface area contributed by atoms with Crippen LogP contribution in [-0.2, 0) is 4.74 Å². The molecule has 7 nitrogen and oxygen atoms in total. The Morgan fingerprint density at radius 3 is 2.48 bits per heavy atom. The summed E-state index contributed by atoms with van der Waals surface area (Å²) in [4.78, 5) is 12.6. The van der Waals surface area contributed by atoms with Gasteiger partial charge in [0.2, 0.25) is 0 Å². The lowest BCUT2D eigenvalue weighted by molar-refractivity contribution is 0.0951. The summed E-state index contributed by atoms with van der Waals surface area (Å²) in [6, 6.07) is 11.1. The van der Waals surface area contributed by atoms with Crippen LogP contribution >= 0.6 is 0 Å². The van der Waals surface area contributed by atoms with Crippen molar-refractivity contribution in [3.05, 3.63) is 53.1 Å². The summed E-state index contributed by atoms with van der Waals surface area (Å²) in [5.74, 6) is 1.74. The van der Waals surface area contributed by atoms with Crippen molar-refractivity contribution in [2.24, 2.45) is 11.1 Å². The minimum Gasteiger partial charge on any atom is -0.493 e. The molecule has 7 heteroatoms. The second kappa shape index (κ2) is 8.13. The number of ether oxygens (including phenoxy) is 3. The summed E-state index contributed by atoms with van der Waals surface area (Å²) in [5.41, 5.74) is 7.76. The molecule has 4 N–H and O–H groups in total. The van der Waals surface area contributed by atoms with Gasteiger partial charge in [0.15, 0.2) is 0 Å². The Bertz CT molecular complexity index is 1010. The molecule has 1 unspecified atom stereocenters. The van der Waals surface area contributed by atoms with E-state index in [1.165, 1.54) is 0 Å². The number of fused-ring (bicyclic) bond motifs is 2. The van der Waals surface area contributed by atoms with Crippen LogP contribution in [0.4, 0.5) is 0 Å². The highest BCUT2D eigenvalue weighted by Gasteiger charge is 2.31. The van der Waals surface area contributed by atoms with Crippen LogP contribution in [0.25, 0.3) is 0 Å². The van der Waals surface area contributed by atoms with Crippen molar-refractivity contribution in [2.45, 2.75) is 45.6 Å². The lowest BCUT2D eigenvalue weighted by atomic mass is 9.87. The molecule has 1 aliphatic carbocycles. The summed E-state index contributed by atoms with van der Waals surface area (Å²) in [7, 11) is 0. The van der Waals surface area contributed by atoms with Crippen LogP contribution in [0.3, 0.4) is 0 Å². The van der Waals surface area contributed by atoms with E-state index in [1.807, 2.05) is 30.3 Å². The predicted molar refractivity (Wildman–Crippen MR) is 118 cm³/mol. The number of benzene rings is 2. The van der Waals surface area contributed by atoms with E-state index in [0.717, 1.165) is 29.7 Å². The molecule has 2 aromatic carbocycles. The third-order valence-electron chi connectivity index (χ3n) is 5.21. The number of amides is 1. The molecule has 0 saturated heterocycles. The van der Waals surface area contributed by atoms with Crippen LogP contribution in [0, 0.1) is 10.8 Å². The van der Waals surface area contributed by atoms with Crippen molar-refractivity contribution in [3.63, 3.8) is 0 Å². The van der Waals surface area contributed by atoms with E-state index in [2.05, 4.69) is 26.1 Å². The molecule has 0 radical (unpaired) electrons. The average molecular weight is 424 g/mol. The standard InChI is InChI=1S/C24H29N3O4/c1-24(2,3)13-30-16-7-9-21-18(11-16)19(12-29-23(25)26)17-10-14(4-8-20(17)31-21)22(28)27-15-5-6-15/h4,7-11,15,19H,5-6,12-13H2,1-3H3,(H3,25,26)(H,27,28). The lowest BCUT2D eigenvalue weighted by Gasteiger charge is -2.29. The normalized spacial score (nSPS) is 17.1. The van der Waals surface area contributed by atoms with Crippen LogP contribution in [0.5, 0.6) is 17.2 Å². The first-order valence-electron chi connectivity index (χ1n) is 10.6. The molecule has 0 spiro atoms. The molecular weight excluding hydrogens is 394 g/mol. The largest absolute Gasteiger partial charge is 0.493 e. The Hall–Kier alpha value is -3.22. The van der Waals surface area contributed by atoms with Crippen LogP contribution in [-0.4, -0.2) is 31.2 Å². The number of carbonyl (C=O) groups excluding carboxylic acids is 1. The van der Waals surface area contributed by atoms with E-state index < -0.39 is 0 Å². The van der Waals surface area contributed by atoms with E-state index in [1.54, 1.807) is 6.07 Å². The predicted octanol–water partition coefficient (Wildman–Crippen LogP) is 4.15. The minimum absolute atomic E-state index is 0.0277. The first kappa shape index (κ1) is 21.0. The maximum Gasteiger partial charge on any atom is 0.279 e. The number of nitrogens with one attached hydrogen (secondary N) is 2. The fourth-order valence-electron chi connectivity index (χ4n) is 3.47. The van der Waals surface area contributed by atoms with E-state index in [-0.39, 0.29) is 35.9 Å². The second-order valence-corrected chi connectivity index (χ2v) is 9.38. The molecule has 2 aliphatic rings. The van der Waals surface area contributed by atoms with Crippen LogP contribution in [0.15, 0.2) is 36.4 Å². The maximum atomic E-state index is 12.6. The molecule has 31 heavy (non-hydrogen) atoms. The summed E-state index contributed by atoms with van der Waals surface area (Å²) in [6.45, 7) is 7.08. The lowest BCUT2D eigenvalue weighted by Crippen LogP contribution is -2.26. The molecule has 0 aromatic heterocycles. The zero-order valence-electron chi connectivity index (χ0n) is 18.2. The van der Waals surface area contributed by atoms with Gasteiger partial charge in [-0.1, -0.05) is 20.8 Å². The number of rotatable bonds is 6. The average Bonchev–Trinajstić information content (AvgIpc) is 3.52. The van der Waals surface area contributed by atoms with Gasteiger partial charge in [0.1, 0.15) is 23.9 Å². The third-order valence-corrected chi connectivity index (χ3v) is 5.21. The topological polar surface area (TPSA) is 107 Å². The van der Waals surface area contributed by atoms with E-state index in [0.29, 0.717) is 23.7 Å². The molecule has 4 rings (SSSR count). The molecule has 2 aromatic rings. The molecule has 1 fully saturated rings. The molecule has 1 heterocycles. The zero-order chi connectivity index (χ0) is 22.2. The van der Waals surface area contributed by atoms with Crippen LogP contribution in [0.1, 0.15) is 61.0 Å². The number of nitrogens with two attached hydrogens (primary N) is 1. The first-order valence-corrected chi connectivity index (χ1v) is 10.6. The van der Waals surface area contributed by atoms with E-state index in [9.17, 15) is 4.79 Å². The van der Waals surface area contributed by atoms with E-state index in [4.69, 9.17) is 25.4 Å². The Morgan fingerprint density at radius 2 is 1.84 bits per heavy atom. The Balaban J connectivity index is 1.66. The number of hydrogen-bond donors (Lipinski definition) is 3. The number of carbonyl (C=O) groups is 1. The fraction of sp³-hybridized carbons (Fsp3) is 0.417. The van der Waals surface area contributed by atoms with Crippen molar-refractivity contribution in [1.82, 2.24) is 5.32 Å². The third kappa shape index (κ3) is 5.10. The summed E-state index contributed by atoms with van der Waals surface area (Å²) in [6.07, 6.45) is 2.05. The second-order valence-electron chi connectivity index (χ2n) is 9.38. The molecule has 164 valence electrons. The first-order chi connectivity index (χ1) is 14.7. The smallest absolute Gasteiger partial charge is 0.279 e. The highest BCUT2D eigenvalue weighted by Crippen LogP contribution is 2.46. The van der Waals surface area contributed by atoms with Gasteiger partial charge >= 0.3 is 0 Å². The zero-order valence-corrected chi connectivity index (χ0v) is 18.2. The van der Waals surface area contributed by atoms with Gasteiger partial charge in [-0.3, -0.25) is 10.2 Å². The number of amidine groups is 1. The van der Waals surface area contributed by atoms with Gasteiger partial charge in [0.05, 0.1) is 12.5 Å². The summed E-state index contributed by atoms with van der Waals surface area (Å²) < 4.78 is 17.5. The molecule has 0 bridgehead atoms. The quantitative estimate of drug-likeness (QED) is 0.478. The van der Waals surface area contributed by atoms with Crippen molar-refractivity contribution < 1.29 is 19.0 Å². The van der Waals surface area contributed by atoms with Gasteiger partial charge in [-0.05, 0) is 54.7 Å². The fourth-order valence-corrected chi connectivity index (χ4v) is 3.47. The molecule has 1 amide bonds. The minimum atomic E-state index is -0.350. The van der Waals surface area contributed by atoms with Gasteiger partial charge < -0.3 is 25.3 Å². The highest BCUT2D eigenvalue weighted by molar-refractivity contribution is 5.95. The van der Waals surface area contributed by atoms with Crippen molar-refractivity contribution in [2.75, 3.05) is 13.2 Å². The Kier molecular flexibility index (Phi) is 5.52. The summed E-state index contributed by atoms with van der Waals surface area (Å²) in [5, 5.41) is 10.5. The van der Waals surface area contributed by atoms with Crippen molar-refractivity contribution in [3.8, 4) is 17.2 Å². The molecule has 1 aliphatic heterocycles. The van der Waals surface area contributed by atoms with E-state index >= 15 is 0 Å². The Labute approximate surface area is 182 Å². The molecule has 1 atom stereocenters. The van der Waals surface area contributed by atoms with Crippen LogP contribution in [0.2, 0.25) is 0 Å². The molecule has 1 saturated carbocycles. The van der Waals surface area contributed by atoms with Gasteiger partial charge in [0.25, 0.3) is 11.9 Å². The van der Waals surface area contributed by atoms with Gasteiger partial charge in [0, 0.05) is 22.7 Å².